The van der Waals surface area contributed by atoms with Gasteiger partial charge in [-0.1, -0.05) is 30.3 Å². The summed E-state index contributed by atoms with van der Waals surface area (Å²) in [6, 6.07) is 13.0. The molecule has 3 rings (SSSR count). The number of nitrogens with zero attached hydrogens (tertiary/aromatic N) is 4. The fourth-order valence-corrected chi connectivity index (χ4v) is 2.28. The second-order valence-electron chi connectivity index (χ2n) is 4.65. The fraction of sp³-hybridized carbons (Fsp3) is 0.286. The van der Waals surface area contributed by atoms with Crippen molar-refractivity contribution in [2.75, 3.05) is 13.1 Å². The summed E-state index contributed by atoms with van der Waals surface area (Å²) < 4.78 is 1.90. The lowest BCUT2D eigenvalue weighted by Crippen LogP contribution is -2.47. The Morgan fingerprint density at radius 1 is 1.28 bits per heavy atom. The van der Waals surface area contributed by atoms with Crippen LogP contribution in [0.1, 0.15) is 17.2 Å². The average Bonchev–Trinajstić information content (AvgIpc) is 2.83. The highest BCUT2D eigenvalue weighted by Gasteiger charge is 2.28. The largest absolute Gasteiger partial charge is 0.295 e. The standard InChI is InChI=1S/C14H14N4/c15-6-13-7-16-18(9-13)14-10-17(11-14)8-12-4-2-1-3-5-12/h1-5,7,9,14H,8,10-11H2. The van der Waals surface area contributed by atoms with Gasteiger partial charge in [-0.05, 0) is 5.56 Å². The van der Waals surface area contributed by atoms with Crippen molar-refractivity contribution >= 4 is 0 Å². The molecule has 0 unspecified atom stereocenters. The van der Waals surface area contributed by atoms with E-state index in [0.29, 0.717) is 11.6 Å². The Hall–Kier alpha value is -2.12. The minimum Gasteiger partial charge on any atom is -0.295 e. The van der Waals surface area contributed by atoms with E-state index in [4.69, 9.17) is 5.26 Å². The summed E-state index contributed by atoms with van der Waals surface area (Å²) in [6.07, 6.45) is 3.45. The number of hydrogen-bond donors (Lipinski definition) is 0. The average molecular weight is 238 g/mol. The SMILES string of the molecule is N#Cc1cnn(C2CN(Cc3ccccc3)C2)c1. The van der Waals surface area contributed by atoms with Crippen molar-refractivity contribution in [1.82, 2.24) is 14.7 Å². The number of likely N-dealkylation sites (tertiary alicyclic amines) is 1. The molecule has 4 heteroatoms. The Kier molecular flexibility index (Phi) is 2.83. The van der Waals surface area contributed by atoms with Crippen LogP contribution in [0.5, 0.6) is 0 Å². The number of aromatic nitrogens is 2. The molecule has 4 nitrogen and oxygen atoms in total. The van der Waals surface area contributed by atoms with Gasteiger partial charge < -0.3 is 0 Å². The first-order valence-corrected chi connectivity index (χ1v) is 6.05. The van der Waals surface area contributed by atoms with Crippen LogP contribution in [0.25, 0.3) is 0 Å². The molecule has 1 aliphatic heterocycles. The first-order valence-electron chi connectivity index (χ1n) is 6.05. The van der Waals surface area contributed by atoms with Crippen LogP contribution in [0.3, 0.4) is 0 Å². The van der Waals surface area contributed by atoms with Crippen LogP contribution in [-0.2, 0) is 6.54 Å². The van der Waals surface area contributed by atoms with Crippen molar-refractivity contribution in [2.45, 2.75) is 12.6 Å². The molecular weight excluding hydrogens is 224 g/mol. The molecular formula is C14H14N4. The van der Waals surface area contributed by atoms with Crippen molar-refractivity contribution in [1.29, 1.82) is 5.26 Å². The van der Waals surface area contributed by atoms with Gasteiger partial charge in [-0.25, -0.2) is 0 Å². The molecule has 0 aliphatic carbocycles. The number of hydrogen-bond acceptors (Lipinski definition) is 3. The summed E-state index contributed by atoms with van der Waals surface area (Å²) in [5, 5.41) is 13.0. The van der Waals surface area contributed by atoms with Gasteiger partial charge in [0.05, 0.1) is 17.8 Å². The molecule has 0 amide bonds. The van der Waals surface area contributed by atoms with Crippen molar-refractivity contribution in [3.63, 3.8) is 0 Å². The third-order valence-electron chi connectivity index (χ3n) is 3.29. The Balaban J connectivity index is 1.56. The van der Waals surface area contributed by atoms with E-state index in [9.17, 15) is 0 Å². The molecule has 1 aliphatic rings. The second kappa shape index (κ2) is 4.63. The van der Waals surface area contributed by atoms with E-state index in [1.54, 1.807) is 6.20 Å². The molecule has 90 valence electrons. The van der Waals surface area contributed by atoms with Crippen molar-refractivity contribution in [3.05, 3.63) is 53.9 Å². The summed E-state index contributed by atoms with van der Waals surface area (Å²) in [6.45, 7) is 2.99. The predicted molar refractivity (Wildman–Crippen MR) is 67.7 cm³/mol. The normalized spacial score (nSPS) is 16.2. The Bertz CT molecular complexity index is 561. The van der Waals surface area contributed by atoms with Crippen LogP contribution in [-0.4, -0.2) is 27.8 Å². The molecule has 1 fully saturated rings. The van der Waals surface area contributed by atoms with Gasteiger partial charge in [0, 0.05) is 25.8 Å². The van der Waals surface area contributed by atoms with Crippen molar-refractivity contribution in [2.24, 2.45) is 0 Å². The van der Waals surface area contributed by atoms with Crippen LogP contribution >= 0.6 is 0 Å². The van der Waals surface area contributed by atoms with Gasteiger partial charge in [0.2, 0.25) is 0 Å². The summed E-state index contributed by atoms with van der Waals surface area (Å²) in [4.78, 5) is 2.38. The lowest BCUT2D eigenvalue weighted by Gasteiger charge is -2.39. The van der Waals surface area contributed by atoms with Crippen molar-refractivity contribution < 1.29 is 0 Å². The minimum atomic E-state index is 0.413. The topological polar surface area (TPSA) is 44.9 Å². The van der Waals surface area contributed by atoms with Gasteiger partial charge in [0.1, 0.15) is 6.07 Å². The van der Waals surface area contributed by atoms with Crippen LogP contribution in [0.4, 0.5) is 0 Å². The first kappa shape index (κ1) is 11.0. The maximum absolute atomic E-state index is 8.76. The van der Waals surface area contributed by atoms with Crippen LogP contribution in [0, 0.1) is 11.3 Å². The maximum Gasteiger partial charge on any atom is 0.102 e. The van der Waals surface area contributed by atoms with Gasteiger partial charge in [0.15, 0.2) is 0 Å². The highest BCUT2D eigenvalue weighted by Crippen LogP contribution is 2.22. The highest BCUT2D eigenvalue weighted by molar-refractivity contribution is 5.22. The summed E-state index contributed by atoms with van der Waals surface area (Å²) >= 11 is 0. The molecule has 1 aromatic heterocycles. The number of rotatable bonds is 3. The second-order valence-corrected chi connectivity index (χ2v) is 4.65. The molecule has 2 aromatic rings. The third kappa shape index (κ3) is 2.13. The smallest absolute Gasteiger partial charge is 0.102 e. The van der Waals surface area contributed by atoms with E-state index in [1.165, 1.54) is 5.56 Å². The third-order valence-corrected chi connectivity index (χ3v) is 3.29. The van der Waals surface area contributed by atoms with E-state index in [1.807, 2.05) is 16.9 Å². The zero-order chi connectivity index (χ0) is 12.4. The molecule has 2 heterocycles. The molecule has 0 radical (unpaired) electrons. The van der Waals surface area contributed by atoms with E-state index in [2.05, 4.69) is 40.3 Å². The van der Waals surface area contributed by atoms with Crippen LogP contribution < -0.4 is 0 Å². The van der Waals surface area contributed by atoms with Crippen LogP contribution in [0.15, 0.2) is 42.7 Å². The highest BCUT2D eigenvalue weighted by atomic mass is 15.4. The monoisotopic (exact) mass is 238 g/mol. The van der Waals surface area contributed by atoms with E-state index in [0.717, 1.165) is 19.6 Å². The Labute approximate surface area is 106 Å². The molecule has 1 saturated heterocycles. The zero-order valence-corrected chi connectivity index (χ0v) is 10.0. The fourth-order valence-electron chi connectivity index (χ4n) is 2.28. The quantitative estimate of drug-likeness (QED) is 0.819. The number of benzene rings is 1. The molecule has 18 heavy (non-hydrogen) atoms. The Morgan fingerprint density at radius 2 is 2.06 bits per heavy atom. The minimum absolute atomic E-state index is 0.413. The first-order chi connectivity index (χ1) is 8.85. The zero-order valence-electron chi connectivity index (χ0n) is 10.0. The van der Waals surface area contributed by atoms with E-state index < -0.39 is 0 Å². The lowest BCUT2D eigenvalue weighted by molar-refractivity contribution is 0.0909. The Morgan fingerprint density at radius 3 is 2.72 bits per heavy atom. The predicted octanol–water partition coefficient (Wildman–Crippen LogP) is 1.81. The number of nitriles is 1. The lowest BCUT2D eigenvalue weighted by atomic mass is 10.1. The van der Waals surface area contributed by atoms with Gasteiger partial charge >= 0.3 is 0 Å². The summed E-state index contributed by atoms with van der Waals surface area (Å²) in [5.41, 5.74) is 1.98. The van der Waals surface area contributed by atoms with Crippen LogP contribution in [0.2, 0.25) is 0 Å². The van der Waals surface area contributed by atoms with Gasteiger partial charge in [-0.15, -0.1) is 0 Å². The molecule has 0 bridgehead atoms. The maximum atomic E-state index is 8.76. The molecule has 0 atom stereocenters. The van der Waals surface area contributed by atoms with Crippen molar-refractivity contribution in [3.8, 4) is 6.07 Å². The van der Waals surface area contributed by atoms with E-state index in [-0.39, 0.29) is 0 Å². The van der Waals surface area contributed by atoms with Gasteiger partial charge in [-0.2, -0.15) is 10.4 Å². The molecule has 1 aromatic carbocycles. The van der Waals surface area contributed by atoms with Gasteiger partial charge in [0.25, 0.3) is 0 Å². The summed E-state index contributed by atoms with van der Waals surface area (Å²) in [7, 11) is 0. The molecule has 0 spiro atoms. The molecule has 0 saturated carbocycles. The summed E-state index contributed by atoms with van der Waals surface area (Å²) in [5.74, 6) is 0. The molecule has 0 N–H and O–H groups in total. The van der Waals surface area contributed by atoms with E-state index >= 15 is 0 Å². The van der Waals surface area contributed by atoms with Gasteiger partial charge in [-0.3, -0.25) is 9.58 Å².